The van der Waals surface area contributed by atoms with Crippen molar-refractivity contribution in [1.82, 2.24) is 10.6 Å². The van der Waals surface area contributed by atoms with E-state index < -0.39 is 0 Å². The van der Waals surface area contributed by atoms with Crippen LogP contribution in [0.2, 0.25) is 0 Å². The number of carbonyl (C=O) groups excluding carboxylic acids is 1. The van der Waals surface area contributed by atoms with Crippen molar-refractivity contribution in [2.24, 2.45) is 0 Å². The second kappa shape index (κ2) is 5.46. The van der Waals surface area contributed by atoms with Crippen LogP contribution in [0.1, 0.15) is 18.4 Å². The minimum Gasteiger partial charge on any atom is -0.355 e. The molecule has 4 heteroatoms. The zero-order valence-electron chi connectivity index (χ0n) is 9.00. The summed E-state index contributed by atoms with van der Waals surface area (Å²) < 4.78 is 1.10. The highest BCUT2D eigenvalue weighted by Gasteiger charge is 2.16. The Morgan fingerprint density at radius 1 is 1.50 bits per heavy atom. The van der Waals surface area contributed by atoms with Gasteiger partial charge in [0.1, 0.15) is 0 Å². The molecule has 1 atom stereocenters. The molecule has 0 radical (unpaired) electrons. The first-order valence-corrected chi connectivity index (χ1v) is 6.28. The highest BCUT2D eigenvalue weighted by Crippen LogP contribution is 2.12. The summed E-state index contributed by atoms with van der Waals surface area (Å²) in [6, 6.07) is 8.65. The number of benzene rings is 1. The van der Waals surface area contributed by atoms with E-state index in [1.54, 1.807) is 0 Å². The van der Waals surface area contributed by atoms with E-state index in [1.165, 1.54) is 5.56 Å². The van der Waals surface area contributed by atoms with Crippen molar-refractivity contribution < 1.29 is 4.79 Å². The van der Waals surface area contributed by atoms with Crippen LogP contribution in [-0.2, 0) is 11.3 Å². The van der Waals surface area contributed by atoms with Crippen LogP contribution in [-0.4, -0.2) is 18.5 Å². The molecule has 1 aromatic carbocycles. The van der Waals surface area contributed by atoms with Crippen molar-refractivity contribution >= 4 is 21.8 Å². The van der Waals surface area contributed by atoms with Gasteiger partial charge in [-0.1, -0.05) is 28.1 Å². The molecule has 2 rings (SSSR count). The van der Waals surface area contributed by atoms with Crippen LogP contribution in [0.4, 0.5) is 0 Å². The van der Waals surface area contributed by atoms with E-state index in [4.69, 9.17) is 0 Å². The van der Waals surface area contributed by atoms with Crippen LogP contribution >= 0.6 is 15.9 Å². The van der Waals surface area contributed by atoms with E-state index in [2.05, 4.69) is 38.7 Å². The second-order valence-corrected chi connectivity index (χ2v) is 4.97. The van der Waals surface area contributed by atoms with Crippen molar-refractivity contribution in [2.75, 3.05) is 6.54 Å². The molecule has 0 spiro atoms. The fraction of sp³-hybridized carbons (Fsp3) is 0.417. The molecule has 0 bridgehead atoms. The fourth-order valence-electron chi connectivity index (χ4n) is 1.82. The molecule has 1 aliphatic heterocycles. The Labute approximate surface area is 104 Å². The third-order valence-corrected chi connectivity index (χ3v) is 3.24. The predicted molar refractivity (Wildman–Crippen MR) is 67.0 cm³/mol. The van der Waals surface area contributed by atoms with Gasteiger partial charge >= 0.3 is 0 Å². The first-order chi connectivity index (χ1) is 7.74. The molecule has 0 aromatic heterocycles. The minimum absolute atomic E-state index is 0.167. The SMILES string of the molecule is O=C1CCC(NCc2cccc(Br)c2)CN1. The molecular weight excluding hydrogens is 268 g/mol. The zero-order valence-corrected chi connectivity index (χ0v) is 10.6. The van der Waals surface area contributed by atoms with Crippen molar-refractivity contribution in [3.8, 4) is 0 Å². The van der Waals surface area contributed by atoms with Gasteiger partial charge in [-0.2, -0.15) is 0 Å². The van der Waals surface area contributed by atoms with Gasteiger partial charge in [0.25, 0.3) is 0 Å². The first kappa shape index (κ1) is 11.6. The second-order valence-electron chi connectivity index (χ2n) is 4.05. The van der Waals surface area contributed by atoms with Crippen LogP contribution in [0.25, 0.3) is 0 Å². The van der Waals surface area contributed by atoms with Gasteiger partial charge in [0.15, 0.2) is 0 Å². The lowest BCUT2D eigenvalue weighted by Gasteiger charge is -2.23. The standard InChI is InChI=1S/C12H15BrN2O/c13-10-3-1-2-9(6-10)7-14-11-4-5-12(16)15-8-11/h1-3,6,11,14H,4-5,7-8H2,(H,15,16). The minimum atomic E-state index is 0.167. The maximum absolute atomic E-state index is 11.0. The summed E-state index contributed by atoms with van der Waals surface area (Å²) >= 11 is 3.45. The van der Waals surface area contributed by atoms with E-state index in [0.717, 1.165) is 24.0 Å². The Hall–Kier alpha value is -0.870. The number of hydrogen-bond donors (Lipinski definition) is 2. The van der Waals surface area contributed by atoms with Gasteiger partial charge in [-0.15, -0.1) is 0 Å². The number of piperidine rings is 1. The van der Waals surface area contributed by atoms with Crippen molar-refractivity contribution in [2.45, 2.75) is 25.4 Å². The van der Waals surface area contributed by atoms with Gasteiger partial charge in [-0.3, -0.25) is 4.79 Å². The lowest BCUT2D eigenvalue weighted by Crippen LogP contribution is -2.45. The van der Waals surface area contributed by atoms with E-state index in [1.807, 2.05) is 12.1 Å². The molecule has 1 heterocycles. The molecule has 86 valence electrons. The molecule has 3 nitrogen and oxygen atoms in total. The lowest BCUT2D eigenvalue weighted by atomic mass is 10.1. The smallest absolute Gasteiger partial charge is 0.220 e. The Bertz CT molecular complexity index is 371. The van der Waals surface area contributed by atoms with Crippen molar-refractivity contribution in [1.29, 1.82) is 0 Å². The molecule has 1 aliphatic rings. The molecule has 1 amide bonds. The molecule has 2 N–H and O–H groups in total. The Morgan fingerprint density at radius 3 is 3.06 bits per heavy atom. The quantitative estimate of drug-likeness (QED) is 0.888. The summed E-state index contributed by atoms with van der Waals surface area (Å²) in [5, 5.41) is 6.32. The molecule has 1 unspecified atom stereocenters. The topological polar surface area (TPSA) is 41.1 Å². The van der Waals surface area contributed by atoms with E-state index in [-0.39, 0.29) is 5.91 Å². The number of carbonyl (C=O) groups is 1. The maximum atomic E-state index is 11.0. The summed E-state index contributed by atoms with van der Waals surface area (Å²) in [6.07, 6.45) is 1.57. The molecule has 1 fully saturated rings. The average Bonchev–Trinajstić information content (AvgIpc) is 2.28. The number of hydrogen-bond acceptors (Lipinski definition) is 2. The molecule has 0 saturated carbocycles. The van der Waals surface area contributed by atoms with Crippen molar-refractivity contribution in [3.63, 3.8) is 0 Å². The number of nitrogens with one attached hydrogen (secondary N) is 2. The maximum Gasteiger partial charge on any atom is 0.220 e. The third-order valence-electron chi connectivity index (χ3n) is 2.75. The summed E-state index contributed by atoms with van der Waals surface area (Å²) in [4.78, 5) is 11.0. The third kappa shape index (κ3) is 3.32. The average molecular weight is 283 g/mol. The molecular formula is C12H15BrN2O. The Morgan fingerprint density at radius 2 is 2.38 bits per heavy atom. The highest BCUT2D eigenvalue weighted by atomic mass is 79.9. The van der Waals surface area contributed by atoms with Gasteiger partial charge in [0.05, 0.1) is 0 Å². The highest BCUT2D eigenvalue weighted by molar-refractivity contribution is 9.10. The van der Waals surface area contributed by atoms with Crippen LogP contribution in [0.15, 0.2) is 28.7 Å². The van der Waals surface area contributed by atoms with Gasteiger partial charge in [-0.05, 0) is 24.1 Å². The van der Waals surface area contributed by atoms with Gasteiger partial charge in [0.2, 0.25) is 5.91 Å². The Kier molecular flexibility index (Phi) is 3.96. The van der Waals surface area contributed by atoms with Crippen LogP contribution < -0.4 is 10.6 Å². The summed E-state index contributed by atoms with van der Waals surface area (Å²) in [6.45, 7) is 1.59. The number of amides is 1. The van der Waals surface area contributed by atoms with E-state index in [9.17, 15) is 4.79 Å². The van der Waals surface area contributed by atoms with Gasteiger partial charge in [0, 0.05) is 30.0 Å². The molecule has 0 aliphatic carbocycles. The zero-order chi connectivity index (χ0) is 11.4. The van der Waals surface area contributed by atoms with Crippen LogP contribution in [0.3, 0.4) is 0 Å². The largest absolute Gasteiger partial charge is 0.355 e. The van der Waals surface area contributed by atoms with Crippen molar-refractivity contribution in [3.05, 3.63) is 34.3 Å². The van der Waals surface area contributed by atoms with Gasteiger partial charge in [-0.25, -0.2) is 0 Å². The van der Waals surface area contributed by atoms with E-state index in [0.29, 0.717) is 12.5 Å². The number of rotatable bonds is 3. The first-order valence-electron chi connectivity index (χ1n) is 5.48. The van der Waals surface area contributed by atoms with Gasteiger partial charge < -0.3 is 10.6 Å². The van der Waals surface area contributed by atoms with E-state index >= 15 is 0 Å². The molecule has 1 aromatic rings. The predicted octanol–water partition coefficient (Wildman–Crippen LogP) is 1.82. The fourth-order valence-corrected chi connectivity index (χ4v) is 2.26. The van der Waals surface area contributed by atoms with Crippen LogP contribution in [0, 0.1) is 0 Å². The molecule has 1 saturated heterocycles. The summed E-state index contributed by atoms with van der Waals surface area (Å²) in [7, 11) is 0. The number of halogens is 1. The van der Waals surface area contributed by atoms with Crippen LogP contribution in [0.5, 0.6) is 0 Å². The Balaban J connectivity index is 1.81. The monoisotopic (exact) mass is 282 g/mol. The molecule has 16 heavy (non-hydrogen) atoms. The summed E-state index contributed by atoms with van der Waals surface area (Å²) in [5.74, 6) is 0.167. The normalized spacial score (nSPS) is 20.6. The lowest BCUT2D eigenvalue weighted by molar-refractivity contribution is -0.122. The summed E-state index contributed by atoms with van der Waals surface area (Å²) in [5.41, 5.74) is 1.26.